The van der Waals surface area contributed by atoms with Gasteiger partial charge in [-0.2, -0.15) is 0 Å². The average Bonchev–Trinajstić information content (AvgIpc) is 3.04. The number of nitrogens with one attached hydrogen (secondary N) is 1. The second-order valence-corrected chi connectivity index (χ2v) is 8.88. The molecule has 0 unspecified atom stereocenters. The summed E-state index contributed by atoms with van der Waals surface area (Å²) in [5.74, 6) is -0.0879. The molecular weight excluding hydrogens is 377 g/mol. The van der Waals surface area contributed by atoms with Crippen molar-refractivity contribution in [1.29, 1.82) is 0 Å². The van der Waals surface area contributed by atoms with Gasteiger partial charge in [-0.1, -0.05) is 29.8 Å². The van der Waals surface area contributed by atoms with Crippen LogP contribution in [0, 0.1) is 0 Å². The number of amides is 1. The van der Waals surface area contributed by atoms with Gasteiger partial charge in [0.05, 0.1) is 0 Å². The number of carbonyl (C=O) groups is 1. The fourth-order valence-electron chi connectivity index (χ4n) is 2.03. The molecule has 2 rings (SSSR count). The molecular formula is C15H15Cl2NO3S2. The first kappa shape index (κ1) is 18.3. The predicted octanol–water partition coefficient (Wildman–Crippen LogP) is 3.66. The quantitative estimate of drug-likeness (QED) is 0.732. The van der Waals surface area contributed by atoms with E-state index in [-0.39, 0.29) is 29.0 Å². The van der Waals surface area contributed by atoms with Crippen LogP contribution in [0.3, 0.4) is 0 Å². The monoisotopic (exact) mass is 391 g/mol. The Hall–Kier alpha value is -1.08. The summed E-state index contributed by atoms with van der Waals surface area (Å²) in [5, 5.41) is 3.98. The molecule has 0 bridgehead atoms. The summed E-state index contributed by atoms with van der Waals surface area (Å²) in [7, 11) is -3.61. The summed E-state index contributed by atoms with van der Waals surface area (Å²) < 4.78 is 26.0. The molecule has 0 aliphatic carbocycles. The Kier molecular flexibility index (Phi) is 6.47. The minimum Gasteiger partial charge on any atom is -0.354 e. The molecule has 1 N–H and O–H groups in total. The molecule has 1 aromatic carbocycles. The first-order valence-corrected chi connectivity index (χ1v) is 10.1. The van der Waals surface area contributed by atoms with E-state index in [2.05, 4.69) is 5.32 Å². The van der Waals surface area contributed by atoms with Crippen molar-refractivity contribution >= 4 is 50.3 Å². The van der Waals surface area contributed by atoms with E-state index < -0.39 is 15.1 Å². The van der Waals surface area contributed by atoms with E-state index in [1.165, 1.54) is 0 Å². The van der Waals surface area contributed by atoms with Crippen molar-refractivity contribution in [3.8, 4) is 0 Å². The lowest BCUT2D eigenvalue weighted by Crippen LogP contribution is -2.31. The summed E-state index contributed by atoms with van der Waals surface area (Å²) in [6.45, 7) is -0.0163. The lowest BCUT2D eigenvalue weighted by atomic mass is 10.1. The smallest absolute Gasteiger partial charge is 0.221 e. The van der Waals surface area contributed by atoms with Gasteiger partial charge in [-0.05, 0) is 29.1 Å². The summed E-state index contributed by atoms with van der Waals surface area (Å²) >= 11 is 12.5. The largest absolute Gasteiger partial charge is 0.354 e. The number of thiophene rings is 1. The molecule has 0 fully saturated rings. The number of hydrogen-bond acceptors (Lipinski definition) is 4. The zero-order valence-corrected chi connectivity index (χ0v) is 15.2. The molecule has 0 aliphatic rings. The maximum Gasteiger partial charge on any atom is 0.221 e. The molecule has 0 aliphatic heterocycles. The van der Waals surface area contributed by atoms with Crippen LogP contribution in [-0.2, 0) is 14.6 Å². The molecule has 0 saturated heterocycles. The third-order valence-electron chi connectivity index (χ3n) is 3.20. The standard InChI is InChI=1S/C15H15Cl2NO3S2/c16-8-7-14(19)18-10-13(11-3-5-12(17)6-4-11)23(20,21)15-2-1-9-22-15/h1-6,9,13H,7-8,10H2,(H,18,19)/t13-/m1/s1. The van der Waals surface area contributed by atoms with E-state index in [1.807, 2.05) is 0 Å². The molecule has 0 radical (unpaired) electrons. The third kappa shape index (κ3) is 4.70. The number of benzene rings is 1. The highest BCUT2D eigenvalue weighted by Crippen LogP contribution is 2.31. The van der Waals surface area contributed by atoms with Gasteiger partial charge in [-0.3, -0.25) is 4.79 Å². The van der Waals surface area contributed by atoms with Crippen molar-refractivity contribution in [2.75, 3.05) is 12.4 Å². The minimum atomic E-state index is -3.61. The first-order chi connectivity index (χ1) is 10.9. The van der Waals surface area contributed by atoms with Crippen LogP contribution in [0.2, 0.25) is 5.02 Å². The van der Waals surface area contributed by atoms with Gasteiger partial charge >= 0.3 is 0 Å². The Morgan fingerprint density at radius 3 is 2.48 bits per heavy atom. The van der Waals surface area contributed by atoms with Crippen LogP contribution in [0.1, 0.15) is 17.2 Å². The van der Waals surface area contributed by atoms with Crippen LogP contribution in [-0.4, -0.2) is 26.7 Å². The Morgan fingerprint density at radius 1 is 1.22 bits per heavy atom. The van der Waals surface area contributed by atoms with Crippen molar-refractivity contribution in [1.82, 2.24) is 5.32 Å². The normalized spacial score (nSPS) is 12.8. The van der Waals surface area contributed by atoms with Crippen molar-refractivity contribution in [3.63, 3.8) is 0 Å². The molecule has 1 heterocycles. The summed E-state index contributed by atoms with van der Waals surface area (Å²) in [4.78, 5) is 11.6. The van der Waals surface area contributed by atoms with Gasteiger partial charge in [0.2, 0.25) is 5.91 Å². The van der Waals surface area contributed by atoms with Gasteiger partial charge in [0, 0.05) is 23.9 Å². The molecule has 2 aromatic rings. The molecule has 1 aromatic heterocycles. The van der Waals surface area contributed by atoms with Crippen LogP contribution in [0.15, 0.2) is 46.0 Å². The molecule has 1 amide bonds. The maximum absolute atomic E-state index is 12.8. The van der Waals surface area contributed by atoms with Gasteiger partial charge in [0.15, 0.2) is 9.84 Å². The molecule has 0 spiro atoms. The molecule has 1 atom stereocenters. The van der Waals surface area contributed by atoms with Crippen molar-refractivity contribution < 1.29 is 13.2 Å². The van der Waals surface area contributed by atoms with E-state index in [4.69, 9.17) is 23.2 Å². The van der Waals surface area contributed by atoms with Gasteiger partial charge in [0.1, 0.15) is 9.46 Å². The summed E-state index contributed by atoms with van der Waals surface area (Å²) in [6.07, 6.45) is 0.147. The molecule has 23 heavy (non-hydrogen) atoms. The fraction of sp³-hybridized carbons (Fsp3) is 0.267. The van der Waals surface area contributed by atoms with Crippen LogP contribution < -0.4 is 5.32 Å². The van der Waals surface area contributed by atoms with Crippen molar-refractivity contribution in [2.24, 2.45) is 0 Å². The topological polar surface area (TPSA) is 63.2 Å². The lowest BCUT2D eigenvalue weighted by Gasteiger charge is -2.18. The minimum absolute atomic E-state index is 0.0163. The molecule has 8 heteroatoms. The Labute approximate surface area is 149 Å². The predicted molar refractivity (Wildman–Crippen MR) is 94.0 cm³/mol. The summed E-state index contributed by atoms with van der Waals surface area (Å²) in [6, 6.07) is 9.83. The number of halogens is 2. The molecule has 4 nitrogen and oxygen atoms in total. The first-order valence-electron chi connectivity index (χ1n) is 6.80. The van der Waals surface area contributed by atoms with E-state index >= 15 is 0 Å². The Bertz CT molecular complexity index is 744. The van der Waals surface area contributed by atoms with E-state index in [9.17, 15) is 13.2 Å². The Balaban J connectivity index is 2.31. The number of carbonyl (C=O) groups excluding carboxylic acids is 1. The third-order valence-corrected chi connectivity index (χ3v) is 7.17. The highest BCUT2D eigenvalue weighted by molar-refractivity contribution is 7.93. The number of sulfone groups is 1. The Morgan fingerprint density at radius 2 is 1.91 bits per heavy atom. The van der Waals surface area contributed by atoms with Gasteiger partial charge in [-0.15, -0.1) is 22.9 Å². The van der Waals surface area contributed by atoms with Gasteiger partial charge in [-0.25, -0.2) is 8.42 Å². The highest BCUT2D eigenvalue weighted by Gasteiger charge is 2.30. The lowest BCUT2D eigenvalue weighted by molar-refractivity contribution is -0.120. The van der Waals surface area contributed by atoms with E-state index in [1.54, 1.807) is 41.8 Å². The zero-order valence-electron chi connectivity index (χ0n) is 12.0. The second kappa shape index (κ2) is 8.15. The van der Waals surface area contributed by atoms with Crippen LogP contribution in [0.5, 0.6) is 0 Å². The highest BCUT2D eigenvalue weighted by atomic mass is 35.5. The fourth-order valence-corrected chi connectivity index (χ4v) is 5.19. The van der Waals surface area contributed by atoms with E-state index in [0.717, 1.165) is 11.3 Å². The number of rotatable bonds is 7. The number of hydrogen-bond donors (Lipinski definition) is 1. The average molecular weight is 392 g/mol. The van der Waals surface area contributed by atoms with Crippen molar-refractivity contribution in [2.45, 2.75) is 15.9 Å². The summed E-state index contributed by atoms with van der Waals surface area (Å²) in [5.41, 5.74) is 0.578. The number of alkyl halides is 1. The van der Waals surface area contributed by atoms with Crippen LogP contribution in [0.4, 0.5) is 0 Å². The van der Waals surface area contributed by atoms with Gasteiger partial charge < -0.3 is 5.32 Å². The van der Waals surface area contributed by atoms with Crippen molar-refractivity contribution in [3.05, 3.63) is 52.4 Å². The van der Waals surface area contributed by atoms with Gasteiger partial charge in [0.25, 0.3) is 0 Å². The molecule has 124 valence electrons. The SMILES string of the molecule is O=C(CCCl)NC[C@H](c1ccc(Cl)cc1)S(=O)(=O)c1cccs1. The zero-order chi connectivity index (χ0) is 16.9. The maximum atomic E-state index is 12.8. The van der Waals surface area contributed by atoms with E-state index in [0.29, 0.717) is 10.6 Å². The van der Waals surface area contributed by atoms with Crippen LogP contribution >= 0.6 is 34.5 Å². The van der Waals surface area contributed by atoms with Crippen LogP contribution in [0.25, 0.3) is 0 Å². The second-order valence-electron chi connectivity index (χ2n) is 4.76. The molecule has 0 saturated carbocycles.